The Bertz CT molecular complexity index is 1420. The highest BCUT2D eigenvalue weighted by Gasteiger charge is 2.43. The van der Waals surface area contributed by atoms with Gasteiger partial charge in [0.1, 0.15) is 18.5 Å². The van der Waals surface area contributed by atoms with Crippen LogP contribution in [-0.2, 0) is 20.8 Å². The molecule has 5 rings (SSSR count). The Morgan fingerprint density at radius 3 is 2.72 bits per heavy atom. The maximum absolute atomic E-state index is 14.1. The molecular formula is C27H29F2N3O6P+. The molecule has 0 spiro atoms. The molecule has 1 amide bonds. The van der Waals surface area contributed by atoms with Crippen LogP contribution >= 0.6 is 8.60 Å². The molecule has 3 aromatic rings. The predicted molar refractivity (Wildman–Crippen MR) is 137 cm³/mol. The third kappa shape index (κ3) is 5.40. The first-order chi connectivity index (χ1) is 18.7. The van der Waals surface area contributed by atoms with Crippen LogP contribution in [0, 0.1) is 25.5 Å². The number of ether oxygens (including phenoxy) is 2. The summed E-state index contributed by atoms with van der Waals surface area (Å²) in [6.07, 6.45) is 6.59. The van der Waals surface area contributed by atoms with Crippen molar-refractivity contribution >= 4 is 20.6 Å². The van der Waals surface area contributed by atoms with Crippen molar-refractivity contribution in [2.24, 2.45) is 0 Å². The number of methoxy groups -OCH3 is 1. The quantitative estimate of drug-likeness (QED) is 0.258. The number of imidazole rings is 1. The van der Waals surface area contributed by atoms with E-state index in [1.807, 2.05) is 29.8 Å². The van der Waals surface area contributed by atoms with Crippen LogP contribution in [0.4, 0.5) is 8.78 Å². The van der Waals surface area contributed by atoms with Crippen LogP contribution in [-0.4, -0.2) is 44.9 Å². The number of hydrogen-bond donors (Lipinski definition) is 2. The van der Waals surface area contributed by atoms with E-state index in [1.54, 1.807) is 41.1 Å². The molecular weight excluding hydrogens is 531 g/mol. The molecule has 0 bridgehead atoms. The molecule has 2 aliphatic heterocycles. The van der Waals surface area contributed by atoms with Crippen molar-refractivity contribution in [1.29, 1.82) is 0 Å². The SMILES string of the molecule is COc1cc(/C=C2\OC[C@H]3CCC(c4cc(C)c(F)c(F)c4)N3C2=O)ccc1-[n+]1cc(C)n(COP(O)O)c1. The standard InChI is InChI=1S/C27H29F2N3O6P/c1-16-8-19(11-21(28)26(16)29)22-7-5-20-13-37-25(27(33)32(20)22)10-18-4-6-23(24(9-18)36-3)30-12-17(2)31(14-30)15-38-39(34)35/h4,6,8-12,14,20,22,34-35H,5,7,13,15H2,1-3H3/q+1/b25-10-/t20-,22?/m1/s1. The van der Waals surface area contributed by atoms with Crippen LogP contribution in [0.1, 0.15) is 41.3 Å². The summed E-state index contributed by atoms with van der Waals surface area (Å²) in [6.45, 7) is 3.67. The van der Waals surface area contributed by atoms with E-state index in [-0.39, 0.29) is 36.0 Å². The first-order valence-corrected chi connectivity index (χ1v) is 13.5. The van der Waals surface area contributed by atoms with E-state index in [2.05, 4.69) is 0 Å². The van der Waals surface area contributed by atoms with Crippen LogP contribution in [0.3, 0.4) is 0 Å². The molecule has 2 fully saturated rings. The largest absolute Gasteiger partial charge is 0.492 e. The Hall–Kier alpha value is -3.37. The summed E-state index contributed by atoms with van der Waals surface area (Å²) >= 11 is 0. The molecule has 3 heterocycles. The minimum absolute atomic E-state index is 0.0217. The van der Waals surface area contributed by atoms with E-state index < -0.39 is 20.2 Å². The highest BCUT2D eigenvalue weighted by molar-refractivity contribution is 7.39. The van der Waals surface area contributed by atoms with Crippen molar-refractivity contribution in [3.8, 4) is 11.4 Å². The fraction of sp³-hybridized carbons (Fsp3) is 0.333. The fourth-order valence-electron chi connectivity index (χ4n) is 5.18. The average molecular weight is 561 g/mol. The fourth-order valence-corrected chi connectivity index (χ4v) is 5.41. The van der Waals surface area contributed by atoms with Crippen LogP contribution in [0.2, 0.25) is 0 Å². The number of hydrogen-bond acceptors (Lipinski definition) is 6. The third-order valence-electron chi connectivity index (χ3n) is 7.13. The van der Waals surface area contributed by atoms with Gasteiger partial charge in [-0.05, 0) is 60.7 Å². The number of aromatic nitrogens is 2. The predicted octanol–water partition coefficient (Wildman–Crippen LogP) is 3.96. The number of rotatable bonds is 7. The van der Waals surface area contributed by atoms with Gasteiger partial charge in [-0.2, -0.15) is 4.57 Å². The number of carbonyl (C=O) groups excluding carboxylic acids is 1. The lowest BCUT2D eigenvalue weighted by Gasteiger charge is -2.35. The van der Waals surface area contributed by atoms with Crippen LogP contribution < -0.4 is 9.30 Å². The number of morpholine rings is 1. The number of fused-ring (bicyclic) bond motifs is 1. The lowest BCUT2D eigenvalue weighted by molar-refractivity contribution is -0.596. The highest BCUT2D eigenvalue weighted by atomic mass is 31.2. The molecule has 1 aromatic heterocycles. The lowest BCUT2D eigenvalue weighted by atomic mass is 10.0. The number of benzene rings is 2. The number of amides is 1. The van der Waals surface area contributed by atoms with Gasteiger partial charge in [-0.1, -0.05) is 12.1 Å². The Labute approximate surface area is 225 Å². The summed E-state index contributed by atoms with van der Waals surface area (Å²) < 4.78 is 47.9. The monoisotopic (exact) mass is 560 g/mol. The zero-order chi connectivity index (χ0) is 27.8. The number of halogens is 2. The van der Waals surface area contributed by atoms with Gasteiger partial charge >= 0.3 is 8.60 Å². The van der Waals surface area contributed by atoms with Crippen molar-refractivity contribution in [2.45, 2.75) is 45.5 Å². The normalized spacial score (nSPS) is 20.1. The molecule has 206 valence electrons. The first-order valence-electron chi connectivity index (χ1n) is 12.4. The van der Waals surface area contributed by atoms with Gasteiger partial charge in [-0.3, -0.25) is 9.32 Å². The van der Waals surface area contributed by atoms with Crippen molar-refractivity contribution in [3.63, 3.8) is 0 Å². The lowest BCUT2D eigenvalue weighted by Crippen LogP contribution is -2.45. The number of aryl methyl sites for hydroxylation is 2. The van der Waals surface area contributed by atoms with Gasteiger partial charge in [-0.25, -0.2) is 13.3 Å². The molecule has 1 unspecified atom stereocenters. The maximum Gasteiger partial charge on any atom is 0.330 e. The molecule has 0 radical (unpaired) electrons. The van der Waals surface area contributed by atoms with Crippen LogP contribution in [0.15, 0.2) is 48.6 Å². The average Bonchev–Trinajstić information content (AvgIpc) is 3.51. The molecule has 2 atom stereocenters. The summed E-state index contributed by atoms with van der Waals surface area (Å²) in [5, 5.41) is 0. The molecule has 12 heteroatoms. The van der Waals surface area contributed by atoms with E-state index in [0.29, 0.717) is 36.3 Å². The summed E-state index contributed by atoms with van der Waals surface area (Å²) in [5.41, 5.74) is 3.02. The highest BCUT2D eigenvalue weighted by Crippen LogP contribution is 2.41. The van der Waals surface area contributed by atoms with E-state index in [0.717, 1.165) is 11.4 Å². The topological polar surface area (TPSA) is 97.3 Å². The summed E-state index contributed by atoms with van der Waals surface area (Å²) in [4.78, 5) is 33.3. The van der Waals surface area contributed by atoms with Crippen molar-refractivity contribution in [1.82, 2.24) is 9.47 Å². The molecule has 39 heavy (non-hydrogen) atoms. The van der Waals surface area contributed by atoms with Crippen LogP contribution in [0.25, 0.3) is 11.8 Å². The van der Waals surface area contributed by atoms with Gasteiger partial charge < -0.3 is 24.2 Å². The third-order valence-corrected chi connectivity index (χ3v) is 7.48. The van der Waals surface area contributed by atoms with Crippen molar-refractivity contribution < 1.29 is 41.9 Å². The van der Waals surface area contributed by atoms with Crippen molar-refractivity contribution in [3.05, 3.63) is 82.6 Å². The molecule has 2 aliphatic rings. The summed E-state index contributed by atoms with van der Waals surface area (Å²) in [7, 11) is -0.927. The summed E-state index contributed by atoms with van der Waals surface area (Å²) in [6, 6.07) is 7.72. The van der Waals surface area contributed by atoms with E-state index in [1.165, 1.54) is 13.0 Å². The van der Waals surface area contributed by atoms with Gasteiger partial charge in [-0.15, -0.1) is 0 Å². The summed E-state index contributed by atoms with van der Waals surface area (Å²) in [5.74, 6) is -1.38. The second-order valence-electron chi connectivity index (χ2n) is 9.62. The van der Waals surface area contributed by atoms with Gasteiger partial charge in [0.25, 0.3) is 12.2 Å². The Balaban J connectivity index is 1.40. The zero-order valence-corrected chi connectivity index (χ0v) is 22.6. The van der Waals surface area contributed by atoms with Gasteiger partial charge in [0.15, 0.2) is 35.6 Å². The number of nitrogens with zero attached hydrogens (tertiary/aromatic N) is 3. The van der Waals surface area contributed by atoms with E-state index in [9.17, 15) is 13.6 Å². The second kappa shape index (κ2) is 11.0. The molecule has 0 saturated carbocycles. The van der Waals surface area contributed by atoms with E-state index in [4.69, 9.17) is 23.8 Å². The Kier molecular flexibility index (Phi) is 7.68. The first kappa shape index (κ1) is 27.2. The molecule has 2 aromatic carbocycles. The number of carbonyl (C=O) groups is 1. The zero-order valence-electron chi connectivity index (χ0n) is 21.7. The Morgan fingerprint density at radius 2 is 2.00 bits per heavy atom. The van der Waals surface area contributed by atoms with E-state index >= 15 is 0 Å². The van der Waals surface area contributed by atoms with Crippen molar-refractivity contribution in [2.75, 3.05) is 13.7 Å². The minimum Gasteiger partial charge on any atom is -0.492 e. The molecule has 9 nitrogen and oxygen atoms in total. The van der Waals surface area contributed by atoms with Gasteiger partial charge in [0.05, 0.1) is 19.2 Å². The maximum atomic E-state index is 14.1. The van der Waals surface area contributed by atoms with Crippen LogP contribution in [0.5, 0.6) is 5.75 Å². The van der Waals surface area contributed by atoms with Gasteiger partial charge in [0, 0.05) is 6.92 Å². The molecule has 2 N–H and O–H groups in total. The molecule has 2 saturated heterocycles. The molecule has 0 aliphatic carbocycles. The Morgan fingerprint density at radius 1 is 1.21 bits per heavy atom. The minimum atomic E-state index is -2.47. The smallest absolute Gasteiger partial charge is 0.330 e. The van der Waals surface area contributed by atoms with Gasteiger partial charge in [0.2, 0.25) is 0 Å². The second-order valence-corrected chi connectivity index (χ2v) is 10.4.